The number of aliphatic carboxylic acids is 2. The number of aromatic nitrogens is 2. The molecule has 2 unspecified atom stereocenters. The third kappa shape index (κ3) is 14.0. The van der Waals surface area contributed by atoms with E-state index in [2.05, 4.69) is 63.9 Å². The van der Waals surface area contributed by atoms with E-state index in [4.69, 9.17) is 32.0 Å². The second-order valence-corrected chi connectivity index (χ2v) is 13.9. The van der Waals surface area contributed by atoms with E-state index in [0.29, 0.717) is 40.0 Å². The van der Waals surface area contributed by atoms with Crippen LogP contribution in [0.1, 0.15) is 31.4 Å². The Labute approximate surface area is 324 Å². The maximum atomic E-state index is 13.7. The molecule has 0 fully saturated rings. The third-order valence-corrected chi connectivity index (χ3v) is 9.87. The molecule has 12 nitrogen and oxygen atoms in total. The summed E-state index contributed by atoms with van der Waals surface area (Å²) in [5.41, 5.74) is 3.76. The van der Waals surface area contributed by atoms with Crippen molar-refractivity contribution in [2.24, 2.45) is 0 Å². The predicted octanol–water partition coefficient (Wildman–Crippen LogP) is 5.40. The Balaban J connectivity index is 0.000000661. The molecule has 16 heteroatoms. The first kappa shape index (κ1) is 43.3. The van der Waals surface area contributed by atoms with Crippen molar-refractivity contribution in [1.29, 1.82) is 0 Å². The zero-order valence-electron chi connectivity index (χ0n) is 29.1. The summed E-state index contributed by atoms with van der Waals surface area (Å²) in [7, 11) is 0. The Bertz CT molecular complexity index is 1850. The van der Waals surface area contributed by atoms with Gasteiger partial charge in [-0.25, -0.2) is 14.0 Å². The molecule has 1 amide bonds. The lowest BCUT2D eigenvalue weighted by Gasteiger charge is -2.27. The highest BCUT2D eigenvalue weighted by Gasteiger charge is 2.29. The minimum atomic E-state index is -2.27. The first-order valence-electron chi connectivity index (χ1n) is 16.5. The smallest absolute Gasteiger partial charge is 0.335 e. The topological polar surface area (TPSA) is 173 Å². The summed E-state index contributed by atoms with van der Waals surface area (Å²) in [5.74, 6) is -3.29. The molecule has 53 heavy (non-hydrogen) atoms. The van der Waals surface area contributed by atoms with E-state index in [-0.39, 0.29) is 23.7 Å². The van der Waals surface area contributed by atoms with Crippen LogP contribution in [0.5, 0.6) is 0 Å². The van der Waals surface area contributed by atoms with E-state index >= 15 is 0 Å². The molecule has 0 aliphatic carbocycles. The number of aliphatic hydroxyl groups is 2. The SMILES string of the molecule is CCN(CC)CCN(Cc1ccc(-c2ccc(Cl)cc2)cc1)C(=O)CCn1cc(Br)c(=O)nc1SCc1ccc(F)cc1.O=C(O)C(O)C(O)C(=O)O. The van der Waals surface area contributed by atoms with Gasteiger partial charge >= 0.3 is 11.9 Å². The van der Waals surface area contributed by atoms with Crippen molar-refractivity contribution in [2.75, 3.05) is 26.2 Å². The normalized spacial score (nSPS) is 12.1. The summed E-state index contributed by atoms with van der Waals surface area (Å²) < 4.78 is 15.5. The van der Waals surface area contributed by atoms with Crippen LogP contribution in [0.3, 0.4) is 0 Å². The summed E-state index contributed by atoms with van der Waals surface area (Å²) in [6, 6.07) is 22.3. The highest BCUT2D eigenvalue weighted by Crippen LogP contribution is 2.24. The Morgan fingerprint density at radius 3 is 1.92 bits per heavy atom. The quantitative estimate of drug-likeness (QED) is 0.0793. The van der Waals surface area contributed by atoms with Gasteiger partial charge in [-0.15, -0.1) is 0 Å². The van der Waals surface area contributed by atoms with Crippen molar-refractivity contribution in [3.8, 4) is 11.1 Å². The van der Waals surface area contributed by atoms with Crippen LogP contribution in [-0.4, -0.2) is 96.0 Å². The number of nitrogens with zero attached hydrogens (tertiary/aromatic N) is 4. The molecule has 4 N–H and O–H groups in total. The van der Waals surface area contributed by atoms with Crippen LogP contribution in [0.4, 0.5) is 4.39 Å². The van der Waals surface area contributed by atoms with Crippen LogP contribution >= 0.6 is 39.3 Å². The summed E-state index contributed by atoms with van der Waals surface area (Å²) >= 11 is 10.7. The van der Waals surface area contributed by atoms with Crippen LogP contribution in [0, 0.1) is 5.82 Å². The van der Waals surface area contributed by atoms with Crippen molar-refractivity contribution in [3.05, 3.63) is 116 Å². The minimum Gasteiger partial charge on any atom is -0.479 e. The fourth-order valence-electron chi connectivity index (χ4n) is 4.86. The molecule has 2 atom stereocenters. The zero-order chi connectivity index (χ0) is 39.1. The number of aliphatic hydroxyl groups excluding tert-OH is 2. The number of halogens is 3. The number of hydrogen-bond acceptors (Lipinski definition) is 9. The number of rotatable bonds is 17. The molecule has 0 bridgehead atoms. The molecule has 0 aliphatic heterocycles. The monoisotopic (exact) mass is 834 g/mol. The lowest BCUT2D eigenvalue weighted by atomic mass is 10.0. The summed E-state index contributed by atoms with van der Waals surface area (Å²) in [4.78, 5) is 53.9. The number of hydrogen-bond donors (Lipinski definition) is 4. The Hall–Kier alpha value is -4.12. The molecule has 1 aromatic heterocycles. The highest BCUT2D eigenvalue weighted by molar-refractivity contribution is 9.10. The van der Waals surface area contributed by atoms with E-state index in [1.54, 1.807) is 18.3 Å². The largest absolute Gasteiger partial charge is 0.479 e. The molecule has 0 saturated carbocycles. The molecule has 0 aliphatic rings. The van der Waals surface area contributed by atoms with Crippen LogP contribution in [0.25, 0.3) is 11.1 Å². The molecule has 4 aromatic rings. The molecule has 0 radical (unpaired) electrons. The van der Waals surface area contributed by atoms with Gasteiger partial charge in [0.25, 0.3) is 5.56 Å². The molecule has 3 aromatic carbocycles. The molecule has 0 spiro atoms. The first-order chi connectivity index (χ1) is 25.2. The van der Waals surface area contributed by atoms with Gasteiger partial charge < -0.3 is 34.8 Å². The highest BCUT2D eigenvalue weighted by atomic mass is 79.9. The summed E-state index contributed by atoms with van der Waals surface area (Å²) in [6.07, 6.45) is -2.59. The number of thioether (sulfide) groups is 1. The summed E-state index contributed by atoms with van der Waals surface area (Å²) in [5, 5.41) is 33.7. The van der Waals surface area contributed by atoms with E-state index in [9.17, 15) is 23.6 Å². The van der Waals surface area contributed by atoms with E-state index in [0.717, 1.165) is 41.9 Å². The van der Waals surface area contributed by atoms with Crippen LogP contribution in [0.2, 0.25) is 5.02 Å². The maximum absolute atomic E-state index is 13.7. The number of carbonyl (C=O) groups excluding carboxylic acids is 1. The van der Waals surface area contributed by atoms with Gasteiger partial charge in [-0.1, -0.05) is 85.7 Å². The van der Waals surface area contributed by atoms with Crippen molar-refractivity contribution in [3.63, 3.8) is 0 Å². The number of carboxylic acids is 2. The maximum Gasteiger partial charge on any atom is 0.335 e. The van der Waals surface area contributed by atoms with Gasteiger partial charge in [-0.3, -0.25) is 9.59 Å². The molecule has 1 heterocycles. The predicted molar refractivity (Wildman–Crippen MR) is 204 cm³/mol. The molecule has 284 valence electrons. The van der Waals surface area contributed by atoms with E-state index < -0.39 is 24.1 Å². The van der Waals surface area contributed by atoms with Gasteiger partial charge in [-0.05, 0) is 75.5 Å². The number of likely N-dealkylation sites (N-methyl/N-ethyl adjacent to an activating group) is 1. The minimum absolute atomic E-state index is 0.0261. The van der Waals surface area contributed by atoms with Gasteiger partial charge in [0.2, 0.25) is 5.91 Å². The number of benzene rings is 3. The van der Waals surface area contributed by atoms with Crippen LogP contribution in [-0.2, 0) is 33.2 Å². The second-order valence-electron chi connectivity index (χ2n) is 11.6. The average Bonchev–Trinajstić information content (AvgIpc) is 3.15. The first-order valence-corrected chi connectivity index (χ1v) is 18.7. The Kier molecular flexibility index (Phi) is 17.6. The van der Waals surface area contributed by atoms with Gasteiger partial charge in [0.15, 0.2) is 17.4 Å². The number of aryl methyl sites for hydroxylation is 1. The van der Waals surface area contributed by atoms with E-state index in [1.165, 1.54) is 23.9 Å². The lowest BCUT2D eigenvalue weighted by Crippen LogP contribution is -2.39. The number of carboxylic acid groups (broad SMARTS) is 2. The summed E-state index contributed by atoms with van der Waals surface area (Å²) in [6.45, 7) is 8.34. The van der Waals surface area contributed by atoms with Gasteiger partial charge in [0.05, 0.1) is 0 Å². The van der Waals surface area contributed by atoms with E-state index in [1.807, 2.05) is 33.7 Å². The molecule has 4 rings (SSSR count). The van der Waals surface area contributed by atoms with Crippen LogP contribution in [0.15, 0.2) is 93.4 Å². The Morgan fingerprint density at radius 2 is 1.40 bits per heavy atom. The zero-order valence-corrected chi connectivity index (χ0v) is 32.2. The van der Waals surface area contributed by atoms with Crippen LogP contribution < -0.4 is 5.56 Å². The van der Waals surface area contributed by atoms with Crippen molar-refractivity contribution in [1.82, 2.24) is 19.4 Å². The number of amides is 1. The standard InChI is InChI=1S/C33H35BrClFN4O2S.C4H6O6/c1-3-38(4-2)19-20-39(21-24-5-9-26(10-6-24)27-11-13-28(35)14-12-27)31(41)17-18-40-22-30(34)32(42)37-33(40)43-23-25-7-15-29(36)16-8-25;5-1(3(7)8)2(6)4(9)10/h5-16,22H,3-4,17-21,23H2,1-2H3;1-2,5-6H,(H,7,8)(H,9,10). The molecule has 0 saturated heterocycles. The lowest BCUT2D eigenvalue weighted by molar-refractivity contribution is -0.165. The van der Waals surface area contributed by atoms with Gasteiger partial charge in [0.1, 0.15) is 10.3 Å². The number of carbonyl (C=O) groups is 3. The fraction of sp³-hybridized carbons (Fsp3) is 0.324. The fourth-order valence-corrected chi connectivity index (χ4v) is 6.27. The van der Waals surface area contributed by atoms with Crippen molar-refractivity contribution in [2.45, 2.75) is 56.5 Å². The average molecular weight is 836 g/mol. The van der Waals surface area contributed by atoms with Crippen molar-refractivity contribution < 1.29 is 39.2 Å². The van der Waals surface area contributed by atoms with Crippen molar-refractivity contribution >= 4 is 57.1 Å². The second kappa shape index (κ2) is 21.5. The Morgan fingerprint density at radius 1 is 0.868 bits per heavy atom. The molecular weight excluding hydrogens is 795 g/mol. The van der Waals surface area contributed by atoms with Gasteiger partial charge in [-0.2, -0.15) is 4.98 Å². The van der Waals surface area contributed by atoms with Gasteiger partial charge in [0, 0.05) is 49.6 Å². The molecular formula is C37H41BrClFN4O8S. The third-order valence-electron chi connectivity index (χ3n) is 8.01.